The molecule has 14 heavy (non-hydrogen) atoms. The Kier molecular flexibility index (Phi) is 5.40. The number of likely N-dealkylation sites (tertiary alicyclic amines) is 1. The van der Waals surface area contributed by atoms with E-state index in [2.05, 4.69) is 17.3 Å². The summed E-state index contributed by atoms with van der Waals surface area (Å²) in [6.45, 7) is 2.04. The van der Waals surface area contributed by atoms with Crippen LogP contribution in [0.1, 0.15) is 19.3 Å². The van der Waals surface area contributed by atoms with Gasteiger partial charge in [-0.1, -0.05) is 6.42 Å². The van der Waals surface area contributed by atoms with E-state index >= 15 is 0 Å². The van der Waals surface area contributed by atoms with Crippen molar-refractivity contribution in [2.45, 2.75) is 31.3 Å². The zero-order valence-corrected chi connectivity index (χ0v) is 8.95. The van der Waals surface area contributed by atoms with E-state index in [1.165, 1.54) is 19.3 Å². The molecule has 0 radical (unpaired) electrons. The molecule has 0 aromatic rings. The molecule has 0 aromatic carbocycles. The molecule has 0 saturated carbocycles. The molecule has 1 fully saturated rings. The molecule has 1 rings (SSSR count). The average molecular weight is 202 g/mol. The molecular formula is C10H22N2O2. The van der Waals surface area contributed by atoms with Gasteiger partial charge in [0.25, 0.3) is 0 Å². The summed E-state index contributed by atoms with van der Waals surface area (Å²) < 4.78 is 0. The molecule has 1 saturated heterocycles. The van der Waals surface area contributed by atoms with Crippen molar-refractivity contribution < 1.29 is 10.2 Å². The second kappa shape index (κ2) is 6.35. The molecule has 1 aliphatic heterocycles. The van der Waals surface area contributed by atoms with Gasteiger partial charge in [0.2, 0.25) is 0 Å². The Morgan fingerprint density at radius 2 is 2.07 bits per heavy atom. The van der Waals surface area contributed by atoms with E-state index in [0.717, 1.165) is 13.1 Å². The van der Waals surface area contributed by atoms with Crippen molar-refractivity contribution in [1.29, 1.82) is 0 Å². The Morgan fingerprint density at radius 3 is 2.64 bits per heavy atom. The predicted octanol–water partition coefficient (Wildman–Crippen LogP) is -0.586. The third-order valence-electron chi connectivity index (χ3n) is 3.00. The van der Waals surface area contributed by atoms with Crippen molar-refractivity contribution in [1.82, 2.24) is 10.2 Å². The van der Waals surface area contributed by atoms with E-state index in [0.29, 0.717) is 6.04 Å². The molecule has 1 aliphatic rings. The van der Waals surface area contributed by atoms with Crippen LogP contribution in [0.4, 0.5) is 0 Å². The minimum Gasteiger partial charge on any atom is -0.395 e. The zero-order chi connectivity index (χ0) is 10.4. The van der Waals surface area contributed by atoms with Crippen molar-refractivity contribution in [2.75, 3.05) is 33.4 Å². The first kappa shape index (κ1) is 11.9. The minimum atomic E-state index is -0.162. The first-order chi connectivity index (χ1) is 6.77. The summed E-state index contributed by atoms with van der Waals surface area (Å²) >= 11 is 0. The average Bonchev–Trinajstić information content (AvgIpc) is 2.22. The van der Waals surface area contributed by atoms with E-state index in [-0.39, 0.29) is 19.3 Å². The van der Waals surface area contributed by atoms with E-state index in [1.807, 2.05) is 0 Å². The van der Waals surface area contributed by atoms with Crippen LogP contribution in [-0.4, -0.2) is 60.5 Å². The molecule has 1 heterocycles. The van der Waals surface area contributed by atoms with Crippen LogP contribution in [0.2, 0.25) is 0 Å². The van der Waals surface area contributed by atoms with E-state index < -0.39 is 0 Å². The van der Waals surface area contributed by atoms with Gasteiger partial charge in [0, 0.05) is 12.6 Å². The summed E-state index contributed by atoms with van der Waals surface area (Å²) in [6.07, 6.45) is 3.79. The highest BCUT2D eigenvalue weighted by Gasteiger charge is 2.19. The number of nitrogens with one attached hydrogen (secondary N) is 1. The lowest BCUT2D eigenvalue weighted by atomic mass is 10.0. The van der Waals surface area contributed by atoms with Gasteiger partial charge in [-0.15, -0.1) is 0 Å². The van der Waals surface area contributed by atoms with E-state index in [9.17, 15) is 0 Å². The molecule has 0 spiro atoms. The molecule has 0 aromatic heterocycles. The van der Waals surface area contributed by atoms with Gasteiger partial charge in [-0.3, -0.25) is 0 Å². The van der Waals surface area contributed by atoms with Crippen molar-refractivity contribution in [3.63, 3.8) is 0 Å². The Hall–Kier alpha value is -0.160. The standard InChI is InChI=1S/C10H22N2O2/c1-12-5-3-2-4-10(12)6-11-9(7-13)8-14/h9-11,13-14H,2-8H2,1H3. The maximum Gasteiger partial charge on any atom is 0.0607 e. The fourth-order valence-corrected chi connectivity index (χ4v) is 1.89. The second-order valence-corrected chi connectivity index (χ2v) is 4.10. The third kappa shape index (κ3) is 3.53. The number of nitrogens with zero attached hydrogens (tertiary/aromatic N) is 1. The van der Waals surface area contributed by atoms with Gasteiger partial charge in [-0.2, -0.15) is 0 Å². The number of rotatable bonds is 5. The molecule has 1 atom stereocenters. The van der Waals surface area contributed by atoms with Gasteiger partial charge in [-0.25, -0.2) is 0 Å². The molecule has 4 heteroatoms. The Labute approximate surface area is 85.9 Å². The first-order valence-corrected chi connectivity index (χ1v) is 5.43. The van der Waals surface area contributed by atoms with Crippen LogP contribution in [0.15, 0.2) is 0 Å². The highest BCUT2D eigenvalue weighted by atomic mass is 16.3. The van der Waals surface area contributed by atoms with Gasteiger partial charge >= 0.3 is 0 Å². The Morgan fingerprint density at radius 1 is 1.36 bits per heavy atom. The minimum absolute atomic E-state index is 0.00688. The summed E-state index contributed by atoms with van der Waals surface area (Å²) in [6, 6.07) is 0.398. The molecule has 84 valence electrons. The summed E-state index contributed by atoms with van der Waals surface area (Å²) in [5.41, 5.74) is 0. The number of hydrogen-bond donors (Lipinski definition) is 3. The van der Waals surface area contributed by atoms with Crippen LogP contribution in [-0.2, 0) is 0 Å². The van der Waals surface area contributed by atoms with Gasteiger partial charge in [0.1, 0.15) is 0 Å². The number of hydrogen-bond acceptors (Lipinski definition) is 4. The van der Waals surface area contributed by atoms with Crippen LogP contribution < -0.4 is 5.32 Å². The normalized spacial score (nSPS) is 24.4. The number of aliphatic hydroxyl groups excluding tert-OH is 2. The fraction of sp³-hybridized carbons (Fsp3) is 1.00. The van der Waals surface area contributed by atoms with E-state index in [1.54, 1.807) is 0 Å². The highest BCUT2D eigenvalue weighted by molar-refractivity contribution is 4.78. The number of aliphatic hydroxyl groups is 2. The summed E-state index contributed by atoms with van der Waals surface area (Å²) in [4.78, 5) is 2.35. The van der Waals surface area contributed by atoms with Crippen molar-refractivity contribution in [3.05, 3.63) is 0 Å². The lowest BCUT2D eigenvalue weighted by Gasteiger charge is -2.33. The molecule has 0 bridgehead atoms. The van der Waals surface area contributed by atoms with Crippen molar-refractivity contribution in [2.24, 2.45) is 0 Å². The summed E-state index contributed by atoms with van der Waals surface area (Å²) in [5.74, 6) is 0. The number of piperidine rings is 1. The molecule has 4 nitrogen and oxygen atoms in total. The third-order valence-corrected chi connectivity index (χ3v) is 3.00. The fourth-order valence-electron chi connectivity index (χ4n) is 1.89. The van der Waals surface area contributed by atoms with Crippen molar-refractivity contribution in [3.8, 4) is 0 Å². The lowest BCUT2D eigenvalue weighted by Crippen LogP contribution is -2.47. The lowest BCUT2D eigenvalue weighted by molar-refractivity contribution is 0.142. The van der Waals surface area contributed by atoms with Crippen LogP contribution in [0.3, 0.4) is 0 Å². The maximum atomic E-state index is 8.89. The summed E-state index contributed by atoms with van der Waals surface area (Å²) in [7, 11) is 2.14. The summed E-state index contributed by atoms with van der Waals surface area (Å²) in [5, 5.41) is 20.9. The van der Waals surface area contributed by atoms with Gasteiger partial charge in [-0.05, 0) is 26.4 Å². The largest absolute Gasteiger partial charge is 0.395 e. The van der Waals surface area contributed by atoms with Gasteiger partial charge in [0.05, 0.1) is 19.3 Å². The predicted molar refractivity (Wildman–Crippen MR) is 56.2 cm³/mol. The first-order valence-electron chi connectivity index (χ1n) is 5.43. The zero-order valence-electron chi connectivity index (χ0n) is 8.95. The van der Waals surface area contributed by atoms with Crippen LogP contribution >= 0.6 is 0 Å². The molecule has 0 amide bonds. The molecule has 3 N–H and O–H groups in total. The smallest absolute Gasteiger partial charge is 0.0607 e. The monoisotopic (exact) mass is 202 g/mol. The Balaban J connectivity index is 2.21. The van der Waals surface area contributed by atoms with Gasteiger partial charge in [0.15, 0.2) is 0 Å². The van der Waals surface area contributed by atoms with Crippen molar-refractivity contribution >= 4 is 0 Å². The number of likely N-dealkylation sites (N-methyl/N-ethyl adjacent to an activating group) is 1. The maximum absolute atomic E-state index is 8.89. The topological polar surface area (TPSA) is 55.7 Å². The molecule has 0 aliphatic carbocycles. The van der Waals surface area contributed by atoms with Crippen LogP contribution in [0.5, 0.6) is 0 Å². The Bertz CT molecular complexity index is 151. The van der Waals surface area contributed by atoms with E-state index in [4.69, 9.17) is 10.2 Å². The highest BCUT2D eigenvalue weighted by Crippen LogP contribution is 2.13. The van der Waals surface area contributed by atoms with Crippen LogP contribution in [0.25, 0.3) is 0 Å². The van der Waals surface area contributed by atoms with Gasteiger partial charge < -0.3 is 20.4 Å². The quantitative estimate of drug-likeness (QED) is 0.558. The second-order valence-electron chi connectivity index (χ2n) is 4.10. The molecule has 1 unspecified atom stereocenters. The SMILES string of the molecule is CN1CCCCC1CNC(CO)CO. The molecular weight excluding hydrogens is 180 g/mol. The van der Waals surface area contributed by atoms with Crippen LogP contribution in [0, 0.1) is 0 Å².